The van der Waals surface area contributed by atoms with Crippen molar-refractivity contribution in [2.75, 3.05) is 0 Å². The monoisotopic (exact) mass is 827 g/mol. The molecule has 1 aliphatic rings. The predicted octanol–water partition coefficient (Wildman–Crippen LogP) is 11.7. The molecule has 11 aromatic rings. The molecule has 9 aromatic carbocycles. The molecule has 6 heteroatoms. The molecule has 3 nitrogen and oxygen atoms in total. The van der Waals surface area contributed by atoms with Gasteiger partial charge in [-0.1, -0.05) is 186 Å². The first kappa shape index (κ1) is 36.7. The molecule has 0 atom stereocenters. The molecule has 3 heterocycles. The molecule has 0 unspecified atom stereocenters. The van der Waals surface area contributed by atoms with Crippen molar-refractivity contribution in [1.29, 1.82) is 0 Å². The largest absolute Gasteiger partial charge is 0.306 e. The van der Waals surface area contributed by atoms with Crippen molar-refractivity contribution in [3.63, 3.8) is 0 Å². The van der Waals surface area contributed by atoms with Crippen molar-refractivity contribution in [2.45, 2.75) is 19.6 Å². The third-order valence-electron chi connectivity index (χ3n) is 12.3. The third kappa shape index (κ3) is 5.86. The van der Waals surface area contributed by atoms with Crippen LogP contribution in [0.15, 0.2) is 235 Å². The Morgan fingerprint density at radius 3 is 1.60 bits per heavy atom. The molecular weight excluding hydrogens is 794 g/mol. The first-order valence-corrected chi connectivity index (χ1v) is 22.4. The number of para-hydroxylation sites is 2. The van der Waals surface area contributed by atoms with Gasteiger partial charge in [0.15, 0.2) is 10.9 Å². The van der Waals surface area contributed by atoms with E-state index in [9.17, 15) is 4.79 Å². The number of fused-ring (bicyclic) bond motifs is 6. The van der Waals surface area contributed by atoms with Gasteiger partial charge in [0.25, 0.3) is 0 Å². The van der Waals surface area contributed by atoms with E-state index in [0.29, 0.717) is 27.1 Å². The van der Waals surface area contributed by atoms with E-state index in [4.69, 9.17) is 0 Å². The van der Waals surface area contributed by atoms with Crippen molar-refractivity contribution < 1.29 is 0 Å². The summed E-state index contributed by atoms with van der Waals surface area (Å²) in [5.41, 5.74) is 12.4. The standard InChI is InChI=1S/C56H34BNO2S2/c59-55-40-25-15-26-41-53(40)58(54-42(55)27-16-30-50(54)61-39-23-11-4-12-24-39)48-34-51-47(33-45(48)56(41)60)57(46-28-13-14-29-49(46)62-51)52-43(36-19-7-2-8-20-36)31-38(35-17-5-1-6-18-35)32-44(52)37-21-9-3-10-22-37/h1-34H. The Balaban J connectivity index is 1.22. The van der Waals surface area contributed by atoms with E-state index in [1.807, 2.05) is 48.5 Å². The second-order valence-electron chi connectivity index (χ2n) is 15.8. The molecular formula is C56H34BNO2S2. The van der Waals surface area contributed by atoms with Crippen LogP contribution in [-0.2, 0) is 0 Å². The molecule has 12 rings (SSSR count). The van der Waals surface area contributed by atoms with E-state index in [2.05, 4.69) is 162 Å². The summed E-state index contributed by atoms with van der Waals surface area (Å²) >= 11 is 3.39. The van der Waals surface area contributed by atoms with Crippen molar-refractivity contribution in [3.05, 3.63) is 227 Å². The van der Waals surface area contributed by atoms with E-state index in [1.165, 1.54) is 15.8 Å². The zero-order valence-corrected chi connectivity index (χ0v) is 34.9. The fraction of sp³-hybridized carbons (Fsp3) is 0. The lowest BCUT2D eigenvalue weighted by atomic mass is 9.34. The Morgan fingerprint density at radius 2 is 0.952 bits per heavy atom. The van der Waals surface area contributed by atoms with E-state index < -0.39 is 0 Å². The molecule has 0 radical (unpaired) electrons. The molecule has 0 saturated heterocycles. The second kappa shape index (κ2) is 14.8. The summed E-state index contributed by atoms with van der Waals surface area (Å²) in [4.78, 5) is 33.8. The average Bonchev–Trinajstić information content (AvgIpc) is 3.33. The second-order valence-corrected chi connectivity index (χ2v) is 18.0. The van der Waals surface area contributed by atoms with E-state index >= 15 is 4.79 Å². The quantitative estimate of drug-likeness (QED) is 0.0951. The van der Waals surface area contributed by atoms with E-state index in [-0.39, 0.29) is 17.6 Å². The molecule has 0 saturated carbocycles. The van der Waals surface area contributed by atoms with E-state index in [1.54, 1.807) is 23.5 Å². The smallest absolute Gasteiger partial charge is 0.245 e. The number of rotatable bonds is 6. The SMILES string of the molecule is O=c1c2cc3c(cc2n2c4c(Sc5ccccc5)cccc4c(=O)c4cccc1c42)Sc1ccccc1B3c1c(-c2ccccc2)cc(-c2ccccc2)cc1-c1ccccc1. The molecule has 0 spiro atoms. The van der Waals surface area contributed by atoms with Crippen LogP contribution in [0.2, 0.25) is 0 Å². The molecule has 1 aliphatic heterocycles. The summed E-state index contributed by atoms with van der Waals surface area (Å²) < 4.78 is 2.21. The van der Waals surface area contributed by atoms with Crippen molar-refractivity contribution >= 4 is 84.7 Å². The highest BCUT2D eigenvalue weighted by atomic mass is 32.2. The van der Waals surface area contributed by atoms with Gasteiger partial charge in [0.05, 0.1) is 16.6 Å². The zero-order valence-electron chi connectivity index (χ0n) is 33.3. The molecule has 0 aliphatic carbocycles. The molecule has 2 aromatic heterocycles. The predicted molar refractivity (Wildman–Crippen MR) is 262 cm³/mol. The first-order chi connectivity index (χ1) is 30.6. The Bertz CT molecular complexity index is 3610. The first-order valence-electron chi connectivity index (χ1n) is 20.8. The van der Waals surface area contributed by atoms with Crippen LogP contribution in [0.3, 0.4) is 0 Å². The summed E-state index contributed by atoms with van der Waals surface area (Å²) in [5.74, 6) is 0. The van der Waals surface area contributed by atoms with Crippen molar-refractivity contribution in [3.8, 4) is 33.4 Å². The van der Waals surface area contributed by atoms with Crippen LogP contribution in [-0.4, -0.2) is 11.1 Å². The van der Waals surface area contributed by atoms with Crippen LogP contribution in [0.4, 0.5) is 0 Å². The van der Waals surface area contributed by atoms with Gasteiger partial charge in [0, 0.05) is 41.1 Å². The highest BCUT2D eigenvalue weighted by Crippen LogP contribution is 2.39. The molecule has 0 fully saturated rings. The van der Waals surface area contributed by atoms with Crippen LogP contribution in [0, 0.1) is 0 Å². The molecule has 0 bridgehead atoms. The Hall–Kier alpha value is -7.12. The minimum absolute atomic E-state index is 0.0676. The maximum atomic E-state index is 15.1. The zero-order chi connectivity index (χ0) is 41.3. The Morgan fingerprint density at radius 1 is 0.419 bits per heavy atom. The maximum absolute atomic E-state index is 15.1. The van der Waals surface area contributed by atoms with Crippen molar-refractivity contribution in [1.82, 2.24) is 4.40 Å². The topological polar surface area (TPSA) is 38.5 Å². The highest BCUT2D eigenvalue weighted by Gasteiger charge is 2.36. The van der Waals surface area contributed by atoms with Crippen LogP contribution in [0.25, 0.3) is 71.5 Å². The normalized spacial score (nSPS) is 12.3. The fourth-order valence-electron chi connectivity index (χ4n) is 9.58. The van der Waals surface area contributed by atoms with Gasteiger partial charge in [-0.2, -0.15) is 0 Å². The molecule has 0 amide bonds. The fourth-order valence-corrected chi connectivity index (χ4v) is 11.7. The lowest BCUT2D eigenvalue weighted by molar-refractivity contribution is 1.26. The van der Waals surface area contributed by atoms with Gasteiger partial charge in [-0.3, -0.25) is 9.59 Å². The summed E-state index contributed by atoms with van der Waals surface area (Å²) in [6, 6.07) is 71.7. The number of nitrogens with zero attached hydrogens (tertiary/aromatic N) is 1. The van der Waals surface area contributed by atoms with Gasteiger partial charge in [-0.15, -0.1) is 0 Å². The molecule has 0 N–H and O–H groups in total. The Labute approximate surface area is 366 Å². The maximum Gasteiger partial charge on any atom is 0.245 e. The number of hydrogen-bond acceptors (Lipinski definition) is 4. The summed E-state index contributed by atoms with van der Waals surface area (Å²) in [5, 5.41) is 2.34. The van der Waals surface area contributed by atoms with Crippen LogP contribution in [0.1, 0.15) is 0 Å². The van der Waals surface area contributed by atoms with Gasteiger partial charge in [0.1, 0.15) is 0 Å². The number of benzene rings is 9. The van der Waals surface area contributed by atoms with Gasteiger partial charge >= 0.3 is 0 Å². The van der Waals surface area contributed by atoms with Gasteiger partial charge in [-0.25, -0.2) is 0 Å². The minimum Gasteiger partial charge on any atom is -0.306 e. The van der Waals surface area contributed by atoms with Gasteiger partial charge in [-0.05, 0) is 94.0 Å². The van der Waals surface area contributed by atoms with Crippen LogP contribution in [0.5, 0.6) is 0 Å². The van der Waals surface area contributed by atoms with E-state index in [0.717, 1.165) is 64.6 Å². The third-order valence-corrected chi connectivity index (χ3v) is 14.5. The van der Waals surface area contributed by atoms with Crippen LogP contribution >= 0.6 is 23.5 Å². The highest BCUT2D eigenvalue weighted by molar-refractivity contribution is 8.00. The molecule has 290 valence electrons. The number of pyridine rings is 2. The lowest BCUT2D eigenvalue weighted by Crippen LogP contribution is -2.56. The van der Waals surface area contributed by atoms with Gasteiger partial charge < -0.3 is 4.40 Å². The summed E-state index contributed by atoms with van der Waals surface area (Å²) in [7, 11) is 0. The summed E-state index contributed by atoms with van der Waals surface area (Å²) in [6.07, 6.45) is 0. The van der Waals surface area contributed by atoms with Crippen LogP contribution < -0.4 is 27.2 Å². The number of hydrogen-bond donors (Lipinski definition) is 0. The number of aromatic nitrogens is 1. The average molecular weight is 828 g/mol. The lowest BCUT2D eigenvalue weighted by Gasteiger charge is -2.31. The molecule has 62 heavy (non-hydrogen) atoms. The summed E-state index contributed by atoms with van der Waals surface area (Å²) in [6.45, 7) is -0.220. The van der Waals surface area contributed by atoms with Crippen molar-refractivity contribution in [2.24, 2.45) is 0 Å². The van der Waals surface area contributed by atoms with Gasteiger partial charge in [0.2, 0.25) is 6.71 Å². The minimum atomic E-state index is -0.220. The Kier molecular flexibility index (Phi) is 8.77.